The Morgan fingerprint density at radius 1 is 0.794 bits per heavy atom. The van der Waals surface area contributed by atoms with Crippen molar-refractivity contribution in [1.82, 2.24) is 0 Å². The Morgan fingerprint density at radius 3 is 2.03 bits per heavy atom. The van der Waals surface area contributed by atoms with Crippen LogP contribution in [0.1, 0.15) is 75.7 Å². The first-order valence-corrected chi connectivity index (χ1v) is 13.8. The van der Waals surface area contributed by atoms with Crippen molar-refractivity contribution in [1.29, 1.82) is 0 Å². The summed E-state index contributed by atoms with van der Waals surface area (Å²) in [6.45, 7) is 0. The molecule has 0 spiro atoms. The maximum atomic E-state index is 14.5. The van der Waals surface area contributed by atoms with E-state index in [0.717, 1.165) is 56.9 Å². The van der Waals surface area contributed by atoms with E-state index < -0.39 is 34.1 Å². The fourth-order valence-electron chi connectivity index (χ4n) is 5.98. The molecule has 0 aromatic heterocycles. The van der Waals surface area contributed by atoms with Crippen LogP contribution in [0.3, 0.4) is 0 Å². The molecule has 34 heavy (non-hydrogen) atoms. The maximum Gasteiger partial charge on any atom is 0.210 e. The highest BCUT2D eigenvalue weighted by molar-refractivity contribution is 7.85. The van der Waals surface area contributed by atoms with E-state index in [-0.39, 0.29) is 6.42 Å². The molecule has 0 N–H and O–H groups in total. The van der Waals surface area contributed by atoms with Crippen LogP contribution in [0, 0.1) is 29.4 Å². The smallest absolute Gasteiger partial charge is 0.210 e. The van der Waals surface area contributed by atoms with E-state index in [0.29, 0.717) is 35.0 Å². The number of hydrogen-bond donors (Lipinski definition) is 0. The molecule has 6 heteroatoms. The van der Waals surface area contributed by atoms with Crippen LogP contribution in [0.5, 0.6) is 0 Å². The largest absolute Gasteiger partial charge is 0.251 e. The van der Waals surface area contributed by atoms with E-state index in [9.17, 15) is 21.8 Å². The molecule has 0 radical (unpaired) electrons. The standard InChI is InChI=1S/C28H34F4OS/c29-25-17-15-23(18-27(25)31)22-13-11-21(12-14-22)20-9-6-19(7-10-20)8-16-26(30)28(32)34(33)24-4-2-1-3-5-24/h1-5,15,17-22,26,28H,6-14,16H2. The van der Waals surface area contributed by atoms with Crippen molar-refractivity contribution in [2.45, 2.75) is 86.7 Å². The molecular weight excluding hydrogens is 460 g/mol. The van der Waals surface area contributed by atoms with E-state index in [1.165, 1.54) is 12.1 Å². The van der Waals surface area contributed by atoms with Crippen molar-refractivity contribution in [2.24, 2.45) is 17.8 Å². The van der Waals surface area contributed by atoms with Crippen LogP contribution in [0.25, 0.3) is 0 Å². The second kappa shape index (κ2) is 11.8. The highest BCUT2D eigenvalue weighted by Crippen LogP contribution is 2.44. The minimum Gasteiger partial charge on any atom is -0.251 e. The molecule has 2 aromatic carbocycles. The van der Waals surface area contributed by atoms with Gasteiger partial charge in [0.05, 0.1) is 10.8 Å². The van der Waals surface area contributed by atoms with Gasteiger partial charge in [0.25, 0.3) is 0 Å². The first-order valence-electron chi connectivity index (χ1n) is 12.6. The monoisotopic (exact) mass is 494 g/mol. The van der Waals surface area contributed by atoms with Gasteiger partial charge in [0.1, 0.15) is 6.17 Å². The molecule has 1 nitrogen and oxygen atoms in total. The van der Waals surface area contributed by atoms with E-state index in [2.05, 4.69) is 0 Å². The lowest BCUT2D eigenvalue weighted by Gasteiger charge is -2.38. The Kier molecular flexibility index (Phi) is 8.84. The van der Waals surface area contributed by atoms with Gasteiger partial charge < -0.3 is 0 Å². The normalized spacial score (nSPS) is 28.2. The number of benzene rings is 2. The molecule has 4 rings (SSSR count). The van der Waals surface area contributed by atoms with Crippen LogP contribution >= 0.6 is 0 Å². The topological polar surface area (TPSA) is 17.1 Å². The summed E-state index contributed by atoms with van der Waals surface area (Å²) in [6.07, 6.45) is 7.63. The van der Waals surface area contributed by atoms with Crippen LogP contribution in [-0.2, 0) is 10.8 Å². The summed E-state index contributed by atoms with van der Waals surface area (Å²) in [5.41, 5.74) is -1.08. The highest BCUT2D eigenvalue weighted by Gasteiger charge is 2.33. The maximum absolute atomic E-state index is 14.5. The van der Waals surface area contributed by atoms with Crippen LogP contribution < -0.4 is 0 Å². The molecule has 2 aromatic rings. The lowest BCUT2D eigenvalue weighted by atomic mass is 9.68. The third kappa shape index (κ3) is 6.30. The van der Waals surface area contributed by atoms with Crippen molar-refractivity contribution < 1.29 is 21.8 Å². The SMILES string of the molecule is O=S(c1ccccc1)C(F)C(F)CCC1CCC(C2CCC(c3ccc(F)c(F)c3)CC2)CC1. The van der Waals surface area contributed by atoms with Gasteiger partial charge in [-0.2, -0.15) is 0 Å². The van der Waals surface area contributed by atoms with Crippen LogP contribution in [-0.4, -0.2) is 15.9 Å². The molecule has 3 atom stereocenters. The molecule has 2 aliphatic carbocycles. The molecule has 0 aliphatic heterocycles. The summed E-state index contributed by atoms with van der Waals surface area (Å²) in [5, 5.41) is 0. The van der Waals surface area contributed by atoms with Gasteiger partial charge in [-0.3, -0.25) is 4.21 Å². The number of alkyl halides is 2. The predicted octanol–water partition coefficient (Wildman–Crippen LogP) is 8.27. The van der Waals surface area contributed by atoms with E-state index in [1.54, 1.807) is 36.4 Å². The van der Waals surface area contributed by atoms with Gasteiger partial charge in [0.2, 0.25) is 5.50 Å². The summed E-state index contributed by atoms with van der Waals surface area (Å²) >= 11 is 0. The summed E-state index contributed by atoms with van der Waals surface area (Å²) in [5.74, 6) is 0.492. The molecule has 0 saturated heterocycles. The van der Waals surface area contributed by atoms with Crippen molar-refractivity contribution in [2.75, 3.05) is 0 Å². The lowest BCUT2D eigenvalue weighted by molar-refractivity contribution is 0.145. The number of rotatable bonds is 8. The average Bonchev–Trinajstić information content (AvgIpc) is 2.89. The van der Waals surface area contributed by atoms with Gasteiger partial charge in [0.15, 0.2) is 11.6 Å². The molecule has 0 bridgehead atoms. The van der Waals surface area contributed by atoms with E-state index in [4.69, 9.17) is 0 Å². The molecule has 0 amide bonds. The molecular formula is C28H34F4OS. The average molecular weight is 495 g/mol. The van der Waals surface area contributed by atoms with E-state index >= 15 is 0 Å². The fourth-order valence-corrected chi connectivity index (χ4v) is 7.07. The highest BCUT2D eigenvalue weighted by atomic mass is 32.2. The fraction of sp³-hybridized carbons (Fsp3) is 0.571. The van der Waals surface area contributed by atoms with Gasteiger partial charge >= 0.3 is 0 Å². The number of halogens is 4. The molecule has 0 heterocycles. The summed E-state index contributed by atoms with van der Waals surface area (Å²) in [7, 11) is -1.97. The van der Waals surface area contributed by atoms with Crippen LogP contribution in [0.2, 0.25) is 0 Å². The first-order chi connectivity index (χ1) is 16.4. The van der Waals surface area contributed by atoms with Gasteiger partial charge in [-0.15, -0.1) is 0 Å². The lowest BCUT2D eigenvalue weighted by Crippen LogP contribution is -2.27. The van der Waals surface area contributed by atoms with Crippen molar-refractivity contribution in [3.05, 3.63) is 65.7 Å². The Labute approximate surface area is 202 Å². The van der Waals surface area contributed by atoms with Crippen molar-refractivity contribution in [3.63, 3.8) is 0 Å². The van der Waals surface area contributed by atoms with Crippen molar-refractivity contribution >= 4 is 10.8 Å². The molecule has 3 unspecified atom stereocenters. The summed E-state index contributed by atoms with van der Waals surface area (Å²) in [4.78, 5) is 0.331. The van der Waals surface area contributed by atoms with Gasteiger partial charge in [-0.05, 0) is 105 Å². The second-order valence-electron chi connectivity index (χ2n) is 10.1. The molecule has 186 valence electrons. The Hall–Kier alpha value is -1.69. The Balaban J connectivity index is 1.17. The molecule has 2 fully saturated rings. The third-order valence-corrected chi connectivity index (χ3v) is 9.50. The Morgan fingerprint density at radius 2 is 1.41 bits per heavy atom. The molecule has 2 aliphatic rings. The predicted molar refractivity (Wildman–Crippen MR) is 128 cm³/mol. The number of hydrogen-bond acceptors (Lipinski definition) is 1. The zero-order valence-electron chi connectivity index (χ0n) is 19.5. The Bertz CT molecular complexity index is 937. The van der Waals surface area contributed by atoms with Gasteiger partial charge in [0, 0.05) is 4.90 Å². The van der Waals surface area contributed by atoms with E-state index in [1.807, 2.05) is 0 Å². The first kappa shape index (κ1) is 25.4. The van der Waals surface area contributed by atoms with Gasteiger partial charge in [-0.25, -0.2) is 17.6 Å². The zero-order valence-corrected chi connectivity index (χ0v) is 20.3. The zero-order chi connectivity index (χ0) is 24.1. The molecule has 2 saturated carbocycles. The minimum absolute atomic E-state index is 0.119. The third-order valence-electron chi connectivity index (χ3n) is 8.06. The quantitative estimate of drug-likeness (QED) is 0.338. The second-order valence-corrected chi connectivity index (χ2v) is 11.6. The van der Waals surface area contributed by atoms with Crippen LogP contribution in [0.4, 0.5) is 17.6 Å². The summed E-state index contributed by atoms with van der Waals surface area (Å²) < 4.78 is 67.9. The van der Waals surface area contributed by atoms with Gasteiger partial charge in [-0.1, -0.05) is 37.1 Å². The minimum atomic E-state index is -1.98. The summed E-state index contributed by atoms with van der Waals surface area (Å²) in [6, 6.07) is 12.6. The van der Waals surface area contributed by atoms with Crippen molar-refractivity contribution in [3.8, 4) is 0 Å². The van der Waals surface area contributed by atoms with Crippen LogP contribution in [0.15, 0.2) is 53.4 Å².